The number of morpholine rings is 1. The smallest absolute Gasteiger partial charge is 0.224 e. The molecule has 0 amide bonds. The Hall–Kier alpha value is -2.44. The van der Waals surface area contributed by atoms with Crippen molar-refractivity contribution in [2.75, 3.05) is 31.6 Å². The van der Waals surface area contributed by atoms with Crippen molar-refractivity contribution in [1.82, 2.24) is 19.4 Å². The molecule has 1 saturated heterocycles. The lowest BCUT2D eigenvalue weighted by molar-refractivity contribution is 0.0342. The monoisotopic (exact) mass is 501 g/mol. The molecule has 1 unspecified atom stereocenters. The van der Waals surface area contributed by atoms with Crippen LogP contribution in [0.3, 0.4) is 0 Å². The Balaban J connectivity index is 1.28. The standard InChI is InChI=1S/C31H43N5O/c1-3-23-8-12-27(13-9-23)36-21-29(26-10-6-25(7-11-26)20-35-14-16-37-17-15-35)28-19-32-31(34-30(28)36)33-22(2)18-24-4-5-24/h6-7,10-11,19,21-24,27H,3-5,8-9,12-18,20H2,1-2H3,(H,32,33,34). The molecule has 198 valence electrons. The number of rotatable bonds is 9. The molecule has 2 aliphatic carbocycles. The van der Waals surface area contributed by atoms with Crippen LogP contribution in [0.4, 0.5) is 5.95 Å². The molecule has 37 heavy (non-hydrogen) atoms. The molecule has 3 fully saturated rings. The van der Waals surface area contributed by atoms with Gasteiger partial charge in [-0.3, -0.25) is 4.90 Å². The molecule has 6 heteroatoms. The van der Waals surface area contributed by atoms with Gasteiger partial charge in [0.05, 0.1) is 13.2 Å². The lowest BCUT2D eigenvalue weighted by atomic mass is 9.84. The van der Waals surface area contributed by atoms with Crippen LogP contribution in [-0.2, 0) is 11.3 Å². The lowest BCUT2D eigenvalue weighted by Gasteiger charge is -2.29. The molecular formula is C31H43N5O. The van der Waals surface area contributed by atoms with E-state index >= 15 is 0 Å². The van der Waals surface area contributed by atoms with E-state index in [2.05, 4.69) is 65.3 Å². The van der Waals surface area contributed by atoms with Gasteiger partial charge in [0.2, 0.25) is 5.95 Å². The Morgan fingerprint density at radius 2 is 1.73 bits per heavy atom. The Kier molecular flexibility index (Phi) is 7.48. The van der Waals surface area contributed by atoms with Gasteiger partial charge in [-0.05, 0) is 62.0 Å². The third kappa shape index (κ3) is 5.85. The molecular weight excluding hydrogens is 458 g/mol. The van der Waals surface area contributed by atoms with Gasteiger partial charge in [0, 0.05) is 55.1 Å². The molecule has 3 heterocycles. The van der Waals surface area contributed by atoms with E-state index in [1.165, 1.54) is 73.4 Å². The number of benzene rings is 1. The SMILES string of the molecule is CCC1CCC(n2cc(-c3ccc(CN4CCOCC4)cc3)c3cnc(NC(C)CC4CC4)nc32)CC1. The van der Waals surface area contributed by atoms with Crippen LogP contribution < -0.4 is 5.32 Å². The second-order valence-corrected chi connectivity index (χ2v) is 11.8. The van der Waals surface area contributed by atoms with Gasteiger partial charge in [-0.15, -0.1) is 0 Å². The number of anilines is 1. The number of hydrogen-bond donors (Lipinski definition) is 1. The van der Waals surface area contributed by atoms with Gasteiger partial charge in [0.15, 0.2) is 0 Å². The summed E-state index contributed by atoms with van der Waals surface area (Å²) >= 11 is 0. The van der Waals surface area contributed by atoms with Gasteiger partial charge in [-0.25, -0.2) is 4.98 Å². The molecule has 2 saturated carbocycles. The maximum absolute atomic E-state index is 5.51. The van der Waals surface area contributed by atoms with Gasteiger partial charge in [-0.1, -0.05) is 50.5 Å². The van der Waals surface area contributed by atoms with Crippen molar-refractivity contribution in [3.63, 3.8) is 0 Å². The van der Waals surface area contributed by atoms with E-state index in [0.717, 1.165) is 56.3 Å². The summed E-state index contributed by atoms with van der Waals surface area (Å²) in [6.07, 6.45) is 14.8. The highest BCUT2D eigenvalue weighted by Gasteiger charge is 2.26. The number of ether oxygens (including phenoxy) is 1. The highest BCUT2D eigenvalue weighted by molar-refractivity contribution is 5.94. The van der Waals surface area contributed by atoms with Crippen LogP contribution in [0.25, 0.3) is 22.2 Å². The topological polar surface area (TPSA) is 55.2 Å². The summed E-state index contributed by atoms with van der Waals surface area (Å²) in [7, 11) is 0. The molecule has 1 N–H and O–H groups in total. The van der Waals surface area contributed by atoms with Crippen molar-refractivity contribution in [2.45, 2.75) is 83.8 Å². The molecule has 1 atom stereocenters. The fourth-order valence-electron chi connectivity index (χ4n) is 6.38. The summed E-state index contributed by atoms with van der Waals surface area (Å²) in [5.41, 5.74) is 4.95. The second-order valence-electron chi connectivity index (χ2n) is 11.8. The molecule has 6 nitrogen and oxygen atoms in total. The normalized spacial score (nSPS) is 23.8. The summed E-state index contributed by atoms with van der Waals surface area (Å²) in [4.78, 5) is 12.4. The highest BCUT2D eigenvalue weighted by atomic mass is 16.5. The van der Waals surface area contributed by atoms with Gasteiger partial charge in [-0.2, -0.15) is 4.98 Å². The highest BCUT2D eigenvalue weighted by Crippen LogP contribution is 2.39. The van der Waals surface area contributed by atoms with E-state index in [1.807, 2.05) is 0 Å². The first kappa shape index (κ1) is 24.9. The van der Waals surface area contributed by atoms with Gasteiger partial charge in [0.1, 0.15) is 5.65 Å². The van der Waals surface area contributed by atoms with E-state index < -0.39 is 0 Å². The number of nitrogens with zero attached hydrogens (tertiary/aromatic N) is 4. The average Bonchev–Trinajstić information content (AvgIpc) is 3.67. The molecule has 0 radical (unpaired) electrons. The van der Waals surface area contributed by atoms with E-state index in [9.17, 15) is 0 Å². The van der Waals surface area contributed by atoms with Gasteiger partial charge in [0.25, 0.3) is 0 Å². The van der Waals surface area contributed by atoms with Gasteiger partial charge < -0.3 is 14.6 Å². The zero-order valence-corrected chi connectivity index (χ0v) is 22.7. The molecule has 0 spiro atoms. The third-order valence-corrected chi connectivity index (χ3v) is 8.89. The van der Waals surface area contributed by atoms with Crippen molar-refractivity contribution < 1.29 is 4.74 Å². The Bertz CT molecular complexity index is 1170. The largest absolute Gasteiger partial charge is 0.379 e. The molecule has 6 rings (SSSR count). The van der Waals surface area contributed by atoms with Crippen LogP contribution in [0.1, 0.15) is 76.8 Å². The summed E-state index contributed by atoms with van der Waals surface area (Å²) < 4.78 is 7.99. The predicted octanol–water partition coefficient (Wildman–Crippen LogP) is 6.67. The van der Waals surface area contributed by atoms with Crippen molar-refractivity contribution in [3.8, 4) is 11.1 Å². The number of aromatic nitrogens is 3. The zero-order chi connectivity index (χ0) is 25.2. The molecule has 3 aromatic rings. The number of nitrogens with one attached hydrogen (secondary N) is 1. The summed E-state index contributed by atoms with van der Waals surface area (Å²) in [6, 6.07) is 10.1. The molecule has 2 aromatic heterocycles. The van der Waals surface area contributed by atoms with Crippen molar-refractivity contribution >= 4 is 17.0 Å². The maximum atomic E-state index is 5.51. The first-order valence-corrected chi connectivity index (χ1v) is 14.7. The average molecular weight is 502 g/mol. The minimum Gasteiger partial charge on any atom is -0.379 e. The van der Waals surface area contributed by atoms with Crippen LogP contribution in [-0.4, -0.2) is 51.8 Å². The summed E-state index contributed by atoms with van der Waals surface area (Å²) in [5, 5.41) is 4.76. The van der Waals surface area contributed by atoms with E-state index in [-0.39, 0.29) is 0 Å². The quantitative estimate of drug-likeness (QED) is 0.355. The fourth-order valence-corrected chi connectivity index (χ4v) is 6.38. The summed E-state index contributed by atoms with van der Waals surface area (Å²) in [6.45, 7) is 9.31. The number of hydrogen-bond acceptors (Lipinski definition) is 5. The molecule has 3 aliphatic rings. The Morgan fingerprint density at radius 1 is 1.00 bits per heavy atom. The van der Waals surface area contributed by atoms with E-state index in [4.69, 9.17) is 14.7 Å². The van der Waals surface area contributed by atoms with E-state index in [0.29, 0.717) is 12.1 Å². The predicted molar refractivity (Wildman–Crippen MR) is 151 cm³/mol. The van der Waals surface area contributed by atoms with Crippen LogP contribution in [0.15, 0.2) is 36.7 Å². The molecule has 0 bridgehead atoms. The van der Waals surface area contributed by atoms with E-state index in [1.54, 1.807) is 0 Å². The van der Waals surface area contributed by atoms with Crippen molar-refractivity contribution in [2.24, 2.45) is 11.8 Å². The maximum Gasteiger partial charge on any atom is 0.224 e. The van der Waals surface area contributed by atoms with Crippen molar-refractivity contribution in [3.05, 3.63) is 42.2 Å². The van der Waals surface area contributed by atoms with Crippen LogP contribution in [0, 0.1) is 11.8 Å². The first-order valence-electron chi connectivity index (χ1n) is 14.7. The zero-order valence-electron chi connectivity index (χ0n) is 22.7. The molecule has 1 aliphatic heterocycles. The van der Waals surface area contributed by atoms with Crippen LogP contribution in [0.5, 0.6) is 0 Å². The van der Waals surface area contributed by atoms with Crippen LogP contribution in [0.2, 0.25) is 0 Å². The van der Waals surface area contributed by atoms with Crippen molar-refractivity contribution in [1.29, 1.82) is 0 Å². The fraction of sp³-hybridized carbons (Fsp3) is 0.613. The first-order chi connectivity index (χ1) is 18.2. The second kappa shape index (κ2) is 11.1. The number of fused-ring (bicyclic) bond motifs is 1. The summed E-state index contributed by atoms with van der Waals surface area (Å²) in [5.74, 6) is 2.54. The Labute approximate surface area is 221 Å². The molecule has 1 aromatic carbocycles. The third-order valence-electron chi connectivity index (χ3n) is 8.89. The van der Waals surface area contributed by atoms with Gasteiger partial charge >= 0.3 is 0 Å². The van der Waals surface area contributed by atoms with Crippen LogP contribution >= 0.6 is 0 Å². The minimum atomic E-state index is 0.409. The Morgan fingerprint density at radius 3 is 2.43 bits per heavy atom. The lowest BCUT2D eigenvalue weighted by Crippen LogP contribution is -2.35. The minimum absolute atomic E-state index is 0.409.